The van der Waals surface area contributed by atoms with Crippen molar-refractivity contribution in [3.8, 4) is 0 Å². The highest BCUT2D eigenvalue weighted by Gasteiger charge is 2.53. The number of carbonyl (C=O) groups excluding carboxylic acids is 1. The summed E-state index contributed by atoms with van der Waals surface area (Å²) in [6, 6.07) is 19.4. The molecule has 1 aliphatic carbocycles. The van der Waals surface area contributed by atoms with E-state index in [0.29, 0.717) is 12.5 Å². The maximum Gasteiger partial charge on any atom is 0.410 e. The molecular formula is C27H33NO2. The fourth-order valence-corrected chi connectivity index (χ4v) is 5.54. The molecule has 0 aromatic heterocycles. The number of rotatable bonds is 2. The lowest BCUT2D eigenvalue weighted by atomic mass is 9.63. The molecule has 4 atom stereocenters. The Morgan fingerprint density at radius 1 is 1.07 bits per heavy atom. The number of likely N-dealkylation sites (tertiary alicyclic amines) is 1. The number of carbonyl (C=O) groups is 1. The van der Waals surface area contributed by atoms with Crippen LogP contribution in [0.2, 0.25) is 0 Å². The van der Waals surface area contributed by atoms with Crippen LogP contribution in [0.15, 0.2) is 61.2 Å². The van der Waals surface area contributed by atoms with Gasteiger partial charge < -0.3 is 9.64 Å². The molecule has 0 saturated carbocycles. The first-order chi connectivity index (χ1) is 14.2. The van der Waals surface area contributed by atoms with Gasteiger partial charge in [0.2, 0.25) is 0 Å². The van der Waals surface area contributed by atoms with Crippen molar-refractivity contribution in [2.75, 3.05) is 6.54 Å². The van der Waals surface area contributed by atoms with Crippen molar-refractivity contribution in [3.05, 3.63) is 77.9 Å². The second-order valence-corrected chi connectivity index (χ2v) is 10.1. The number of fused-ring (bicyclic) bond motifs is 2. The van der Waals surface area contributed by atoms with Crippen LogP contribution < -0.4 is 0 Å². The summed E-state index contributed by atoms with van der Waals surface area (Å²) >= 11 is 0. The number of amides is 1. The smallest absolute Gasteiger partial charge is 0.410 e. The fourth-order valence-electron chi connectivity index (χ4n) is 5.54. The third-order valence-electron chi connectivity index (χ3n) is 6.54. The lowest BCUT2D eigenvalue weighted by Crippen LogP contribution is -2.44. The van der Waals surface area contributed by atoms with Crippen molar-refractivity contribution in [2.45, 2.75) is 52.2 Å². The number of nitrogens with zero attached hydrogens (tertiary/aromatic N) is 1. The molecule has 0 bridgehead atoms. The first-order valence-electron chi connectivity index (χ1n) is 11.0. The van der Waals surface area contributed by atoms with Gasteiger partial charge in [0.25, 0.3) is 0 Å². The molecule has 1 saturated heterocycles. The van der Waals surface area contributed by atoms with Gasteiger partial charge in [0.15, 0.2) is 0 Å². The summed E-state index contributed by atoms with van der Waals surface area (Å²) in [6.07, 6.45) is -0.209. The van der Waals surface area contributed by atoms with Crippen molar-refractivity contribution in [3.63, 3.8) is 0 Å². The number of hydrogen-bond donors (Lipinski definition) is 0. The van der Waals surface area contributed by atoms with E-state index in [1.165, 1.54) is 16.7 Å². The lowest BCUT2D eigenvalue weighted by Gasteiger charge is -2.40. The first kappa shape index (κ1) is 20.7. The van der Waals surface area contributed by atoms with Crippen LogP contribution in [0.3, 0.4) is 0 Å². The predicted molar refractivity (Wildman–Crippen MR) is 122 cm³/mol. The third kappa shape index (κ3) is 3.55. The molecule has 3 heteroatoms. The number of hydrogen-bond acceptors (Lipinski definition) is 2. The molecular weight excluding hydrogens is 370 g/mol. The van der Waals surface area contributed by atoms with Crippen LogP contribution in [0.25, 0.3) is 5.57 Å². The van der Waals surface area contributed by atoms with Gasteiger partial charge in [-0.2, -0.15) is 0 Å². The molecule has 2 aromatic rings. The standard InChI is InChI=1S/C27H33NO2/c1-17(2)25-23-18(3)20-14-10-11-15-21(20)24(19-12-8-7-9-13-19)22(23)16-28(25)26(29)30-27(4,5)6/h7-15,17,22-25H,3,16H2,1-2,4-6H3/t22-,23+,24-,25-/m0/s1. The summed E-state index contributed by atoms with van der Waals surface area (Å²) in [5, 5.41) is 0. The number of ether oxygens (including phenoxy) is 1. The van der Waals surface area contributed by atoms with E-state index >= 15 is 0 Å². The second-order valence-electron chi connectivity index (χ2n) is 10.1. The molecule has 1 amide bonds. The highest BCUT2D eigenvalue weighted by atomic mass is 16.6. The maximum atomic E-state index is 13.2. The second kappa shape index (κ2) is 7.61. The fraction of sp³-hybridized carbons (Fsp3) is 0.444. The highest BCUT2D eigenvalue weighted by molar-refractivity contribution is 5.76. The van der Waals surface area contributed by atoms with Crippen molar-refractivity contribution in [2.24, 2.45) is 17.8 Å². The zero-order valence-corrected chi connectivity index (χ0v) is 18.8. The van der Waals surface area contributed by atoms with Crippen molar-refractivity contribution in [1.29, 1.82) is 0 Å². The Kier molecular flexibility index (Phi) is 5.25. The molecule has 30 heavy (non-hydrogen) atoms. The molecule has 1 fully saturated rings. The van der Waals surface area contributed by atoms with E-state index < -0.39 is 5.60 Å². The quantitative estimate of drug-likeness (QED) is 0.584. The van der Waals surface area contributed by atoms with Crippen LogP contribution in [0.1, 0.15) is 57.2 Å². The van der Waals surface area contributed by atoms with Crippen molar-refractivity contribution >= 4 is 11.7 Å². The Labute approximate surface area is 180 Å². The molecule has 0 N–H and O–H groups in total. The minimum atomic E-state index is -0.509. The van der Waals surface area contributed by atoms with E-state index in [-0.39, 0.29) is 29.9 Å². The molecule has 0 unspecified atom stereocenters. The van der Waals surface area contributed by atoms with Crippen LogP contribution in [-0.2, 0) is 4.74 Å². The normalized spacial score (nSPS) is 25.8. The van der Waals surface area contributed by atoms with Gasteiger partial charge in [-0.3, -0.25) is 0 Å². The van der Waals surface area contributed by atoms with Crippen LogP contribution in [0.4, 0.5) is 4.79 Å². The Bertz CT molecular complexity index is 941. The van der Waals surface area contributed by atoms with E-state index in [1.54, 1.807) is 0 Å². The summed E-state index contributed by atoms with van der Waals surface area (Å²) in [5.74, 6) is 1.06. The minimum Gasteiger partial charge on any atom is -0.444 e. The van der Waals surface area contributed by atoms with Crippen LogP contribution in [0.5, 0.6) is 0 Å². The molecule has 0 radical (unpaired) electrons. The van der Waals surface area contributed by atoms with E-state index in [0.717, 1.165) is 5.57 Å². The molecule has 2 aromatic carbocycles. The van der Waals surface area contributed by atoms with Gasteiger partial charge in [0.05, 0.1) is 0 Å². The van der Waals surface area contributed by atoms with E-state index in [2.05, 4.69) is 75.0 Å². The summed E-state index contributed by atoms with van der Waals surface area (Å²) in [5.41, 5.74) is 4.52. The monoisotopic (exact) mass is 403 g/mol. The van der Waals surface area contributed by atoms with Crippen LogP contribution in [0, 0.1) is 17.8 Å². The van der Waals surface area contributed by atoms with Gasteiger partial charge in [-0.25, -0.2) is 4.79 Å². The van der Waals surface area contributed by atoms with Crippen molar-refractivity contribution in [1.82, 2.24) is 4.90 Å². The Morgan fingerprint density at radius 2 is 1.70 bits per heavy atom. The molecule has 158 valence electrons. The van der Waals surface area contributed by atoms with E-state index in [4.69, 9.17) is 4.74 Å². The van der Waals surface area contributed by atoms with Gasteiger partial charge in [-0.15, -0.1) is 0 Å². The van der Waals surface area contributed by atoms with E-state index in [9.17, 15) is 4.79 Å². The Hall–Kier alpha value is -2.55. The minimum absolute atomic E-state index is 0.0805. The molecule has 1 aliphatic heterocycles. The van der Waals surface area contributed by atoms with Crippen molar-refractivity contribution < 1.29 is 9.53 Å². The summed E-state index contributed by atoms with van der Waals surface area (Å²) < 4.78 is 5.82. The van der Waals surface area contributed by atoms with Crippen LogP contribution >= 0.6 is 0 Å². The zero-order chi connectivity index (χ0) is 21.6. The summed E-state index contributed by atoms with van der Waals surface area (Å²) in [4.78, 5) is 15.2. The van der Waals surface area contributed by atoms with E-state index in [1.807, 2.05) is 25.7 Å². The number of benzene rings is 2. The first-order valence-corrected chi connectivity index (χ1v) is 11.0. The highest BCUT2D eigenvalue weighted by Crippen LogP contribution is 2.54. The molecule has 4 rings (SSSR count). The maximum absolute atomic E-state index is 13.2. The molecule has 3 nitrogen and oxygen atoms in total. The largest absolute Gasteiger partial charge is 0.444 e. The molecule has 1 heterocycles. The van der Waals surface area contributed by atoms with Gasteiger partial charge >= 0.3 is 6.09 Å². The average molecular weight is 404 g/mol. The summed E-state index contributed by atoms with van der Waals surface area (Å²) in [7, 11) is 0. The van der Waals surface area contributed by atoms with Crippen LogP contribution in [-0.4, -0.2) is 29.2 Å². The van der Waals surface area contributed by atoms with Gasteiger partial charge in [0, 0.05) is 24.4 Å². The van der Waals surface area contributed by atoms with Gasteiger partial charge in [-0.1, -0.05) is 75.0 Å². The third-order valence-corrected chi connectivity index (χ3v) is 6.54. The topological polar surface area (TPSA) is 29.5 Å². The Balaban J connectivity index is 1.82. The molecule has 0 spiro atoms. The summed E-state index contributed by atoms with van der Waals surface area (Å²) in [6.45, 7) is 15.4. The van der Waals surface area contributed by atoms with Gasteiger partial charge in [-0.05, 0) is 54.9 Å². The molecule has 2 aliphatic rings. The predicted octanol–water partition coefficient (Wildman–Crippen LogP) is 6.35. The average Bonchev–Trinajstić information content (AvgIpc) is 3.09. The Morgan fingerprint density at radius 3 is 2.33 bits per heavy atom. The van der Waals surface area contributed by atoms with Gasteiger partial charge in [0.1, 0.15) is 5.60 Å². The zero-order valence-electron chi connectivity index (χ0n) is 18.8. The SMILES string of the molecule is C=C1c2ccccc2[C@H](c2ccccc2)[C@H]2CN(C(=O)OC(C)(C)C)[C@@H](C(C)C)[C@H]12. The lowest BCUT2D eigenvalue weighted by molar-refractivity contribution is 0.0174.